The van der Waals surface area contributed by atoms with E-state index in [1.165, 1.54) is 0 Å². The average molecular weight is 521 g/mol. The highest BCUT2D eigenvalue weighted by molar-refractivity contribution is 6.30. The molecular formula is C28H41ClN2O5. The van der Waals surface area contributed by atoms with Gasteiger partial charge in [-0.15, -0.1) is 0 Å². The summed E-state index contributed by atoms with van der Waals surface area (Å²) in [6.07, 6.45) is 1.90. The molecule has 36 heavy (non-hydrogen) atoms. The molecule has 1 heterocycles. The Bertz CT molecular complexity index is 961. The van der Waals surface area contributed by atoms with Crippen LogP contribution in [0.25, 0.3) is 0 Å². The molecule has 1 aliphatic heterocycles. The predicted octanol–water partition coefficient (Wildman–Crippen LogP) is 4.29. The monoisotopic (exact) mass is 520 g/mol. The third kappa shape index (κ3) is 6.05. The zero-order valence-corrected chi connectivity index (χ0v) is 23.1. The maximum Gasteiger partial charge on any atom is 0.308 e. The molecule has 0 bridgehead atoms. The summed E-state index contributed by atoms with van der Waals surface area (Å²) in [6.45, 7) is 12.1. The van der Waals surface area contributed by atoms with Gasteiger partial charge >= 0.3 is 5.97 Å². The molecule has 2 fully saturated rings. The highest BCUT2D eigenvalue weighted by Crippen LogP contribution is 2.46. The van der Waals surface area contributed by atoms with Crippen molar-refractivity contribution < 1.29 is 24.2 Å². The van der Waals surface area contributed by atoms with Gasteiger partial charge in [0.15, 0.2) is 0 Å². The minimum Gasteiger partial charge on any atom is -0.462 e. The molecule has 3 rings (SSSR count). The van der Waals surface area contributed by atoms with Crippen molar-refractivity contribution in [3.05, 3.63) is 34.9 Å². The van der Waals surface area contributed by atoms with Gasteiger partial charge in [0.05, 0.1) is 11.5 Å². The van der Waals surface area contributed by atoms with E-state index >= 15 is 0 Å². The lowest BCUT2D eigenvalue weighted by Crippen LogP contribution is -2.60. The fourth-order valence-corrected chi connectivity index (χ4v) is 5.46. The second kappa shape index (κ2) is 11.1. The van der Waals surface area contributed by atoms with E-state index in [9.17, 15) is 19.5 Å². The van der Waals surface area contributed by atoms with E-state index in [0.717, 1.165) is 5.56 Å². The van der Waals surface area contributed by atoms with Crippen molar-refractivity contribution in [2.45, 2.75) is 85.0 Å². The van der Waals surface area contributed by atoms with E-state index in [1.54, 1.807) is 30.9 Å². The van der Waals surface area contributed by atoms with Gasteiger partial charge < -0.3 is 20.1 Å². The van der Waals surface area contributed by atoms with E-state index in [1.807, 2.05) is 39.8 Å². The fraction of sp³-hybridized carbons (Fsp3) is 0.679. The number of esters is 1. The molecule has 0 radical (unpaired) electrons. The maximum atomic E-state index is 13.6. The summed E-state index contributed by atoms with van der Waals surface area (Å²) in [6, 6.07) is 6.55. The molecule has 1 aliphatic carbocycles. The third-order valence-electron chi connectivity index (χ3n) is 7.82. The van der Waals surface area contributed by atoms with E-state index in [-0.39, 0.29) is 41.6 Å². The number of rotatable bonds is 7. The number of piperidine rings is 1. The second-order valence-electron chi connectivity index (χ2n) is 11.7. The summed E-state index contributed by atoms with van der Waals surface area (Å²) < 4.78 is 5.51. The third-order valence-corrected chi connectivity index (χ3v) is 8.07. The fourth-order valence-electron chi connectivity index (χ4n) is 5.34. The Morgan fingerprint density at radius 1 is 1.11 bits per heavy atom. The lowest BCUT2D eigenvalue weighted by molar-refractivity contribution is -0.157. The Balaban J connectivity index is 1.65. The maximum absolute atomic E-state index is 13.6. The average Bonchev–Trinajstić information content (AvgIpc) is 3.27. The molecule has 2 N–H and O–H groups in total. The van der Waals surface area contributed by atoms with Gasteiger partial charge in [-0.2, -0.15) is 0 Å². The van der Waals surface area contributed by atoms with Gasteiger partial charge in [-0.25, -0.2) is 0 Å². The Hall–Kier alpha value is -2.12. The summed E-state index contributed by atoms with van der Waals surface area (Å²) in [4.78, 5) is 40.4. The summed E-state index contributed by atoms with van der Waals surface area (Å²) >= 11 is 6.04. The minimum atomic E-state index is -1.10. The zero-order valence-electron chi connectivity index (χ0n) is 22.3. The van der Waals surface area contributed by atoms with Crippen molar-refractivity contribution >= 4 is 29.4 Å². The van der Waals surface area contributed by atoms with Crippen LogP contribution in [0.15, 0.2) is 24.3 Å². The van der Waals surface area contributed by atoms with Crippen molar-refractivity contribution in [2.75, 3.05) is 13.1 Å². The molecule has 7 nitrogen and oxygen atoms in total. The Kier molecular flexibility index (Phi) is 8.77. The van der Waals surface area contributed by atoms with Gasteiger partial charge in [-0.1, -0.05) is 65.3 Å². The van der Waals surface area contributed by atoms with Gasteiger partial charge in [-0.3, -0.25) is 14.4 Å². The van der Waals surface area contributed by atoms with Gasteiger partial charge in [0, 0.05) is 29.4 Å². The quantitative estimate of drug-likeness (QED) is 0.523. The molecule has 1 aromatic rings. The number of likely N-dealkylation sites (tertiary alicyclic amines) is 1. The van der Waals surface area contributed by atoms with Crippen molar-refractivity contribution in [1.82, 2.24) is 10.2 Å². The number of nitrogens with zero attached hydrogens (tertiary/aromatic N) is 1. The summed E-state index contributed by atoms with van der Waals surface area (Å²) in [5, 5.41) is 15.2. The largest absolute Gasteiger partial charge is 0.462 e. The Morgan fingerprint density at radius 3 is 2.31 bits per heavy atom. The standard InChI is InChI=1S/C28H41ClN2O5/c1-17(2)23(30-24(32)19-7-12-22(15-19)36-26(34)18(3)4)25(33)31-14-13-28(35,27(5,6)16-31)20-8-10-21(29)11-9-20/h8-11,17-19,22-23,35H,7,12-16H2,1-6H3,(H,30,32)/t19-,22+,23-,28+/m1/s1. The normalized spacial score (nSPS) is 26.7. The van der Waals surface area contributed by atoms with Gasteiger partial charge in [0.2, 0.25) is 11.8 Å². The van der Waals surface area contributed by atoms with Crippen molar-refractivity contribution in [3.63, 3.8) is 0 Å². The number of nitrogens with one attached hydrogen (secondary N) is 1. The van der Waals surface area contributed by atoms with E-state index in [4.69, 9.17) is 16.3 Å². The molecule has 0 unspecified atom stereocenters. The molecule has 1 saturated heterocycles. The molecule has 1 aromatic carbocycles. The number of aliphatic hydroxyl groups is 1. The number of ether oxygens (including phenoxy) is 1. The van der Waals surface area contributed by atoms with Gasteiger partial charge in [-0.05, 0) is 49.3 Å². The first-order valence-corrected chi connectivity index (χ1v) is 13.4. The van der Waals surface area contributed by atoms with Crippen molar-refractivity contribution in [3.8, 4) is 0 Å². The van der Waals surface area contributed by atoms with Crippen LogP contribution in [0.4, 0.5) is 0 Å². The van der Waals surface area contributed by atoms with Gasteiger partial charge in [0.1, 0.15) is 12.1 Å². The highest BCUT2D eigenvalue weighted by atomic mass is 35.5. The smallest absolute Gasteiger partial charge is 0.308 e. The molecule has 1 saturated carbocycles. The zero-order chi connectivity index (χ0) is 26.8. The first-order valence-electron chi connectivity index (χ1n) is 13.0. The lowest BCUT2D eigenvalue weighted by atomic mass is 9.66. The van der Waals surface area contributed by atoms with Crippen molar-refractivity contribution in [1.29, 1.82) is 0 Å². The van der Waals surface area contributed by atoms with E-state index in [0.29, 0.717) is 43.8 Å². The molecule has 8 heteroatoms. The molecule has 0 spiro atoms. The Morgan fingerprint density at radius 2 is 1.75 bits per heavy atom. The van der Waals surface area contributed by atoms with Crippen LogP contribution in [0.1, 0.15) is 72.8 Å². The van der Waals surface area contributed by atoms with E-state index in [2.05, 4.69) is 5.32 Å². The number of hydrogen-bond donors (Lipinski definition) is 2. The molecule has 2 aliphatic rings. The number of halogens is 1. The molecule has 200 valence electrons. The summed E-state index contributed by atoms with van der Waals surface area (Å²) in [5.41, 5.74) is -0.928. The van der Waals surface area contributed by atoms with Crippen LogP contribution in [0.2, 0.25) is 5.02 Å². The predicted molar refractivity (Wildman–Crippen MR) is 139 cm³/mol. The van der Waals surface area contributed by atoms with Crippen LogP contribution in [0.5, 0.6) is 0 Å². The Labute approximate surface area is 219 Å². The molecule has 0 aromatic heterocycles. The van der Waals surface area contributed by atoms with Crippen LogP contribution >= 0.6 is 11.6 Å². The summed E-state index contributed by atoms with van der Waals surface area (Å²) in [7, 11) is 0. The van der Waals surface area contributed by atoms with Crippen LogP contribution in [0.3, 0.4) is 0 Å². The minimum absolute atomic E-state index is 0.0994. The number of amides is 2. The van der Waals surface area contributed by atoms with Gasteiger partial charge in [0.25, 0.3) is 0 Å². The molecular weight excluding hydrogens is 480 g/mol. The molecule has 4 atom stereocenters. The van der Waals surface area contributed by atoms with E-state index < -0.39 is 17.1 Å². The van der Waals surface area contributed by atoms with Crippen LogP contribution in [-0.2, 0) is 24.7 Å². The second-order valence-corrected chi connectivity index (χ2v) is 12.2. The number of hydrogen-bond acceptors (Lipinski definition) is 5. The van der Waals surface area contributed by atoms with Crippen LogP contribution in [-0.4, -0.2) is 53.0 Å². The summed E-state index contributed by atoms with van der Waals surface area (Å²) in [5.74, 6) is -1.13. The molecule has 2 amide bonds. The number of benzene rings is 1. The van der Waals surface area contributed by atoms with Crippen LogP contribution in [0, 0.1) is 23.2 Å². The topological polar surface area (TPSA) is 95.9 Å². The first kappa shape index (κ1) is 28.5. The highest BCUT2D eigenvalue weighted by Gasteiger charge is 2.50. The van der Waals surface area contributed by atoms with Crippen molar-refractivity contribution in [2.24, 2.45) is 23.2 Å². The van der Waals surface area contributed by atoms with Crippen LogP contribution < -0.4 is 5.32 Å². The SMILES string of the molecule is CC(C)C(=O)O[C@H]1CC[C@@H](C(=O)N[C@@H](C(=O)N2CC[C@](O)(c3ccc(Cl)cc3)C(C)(C)C2)C(C)C)C1. The lowest BCUT2D eigenvalue weighted by Gasteiger charge is -2.51. The first-order chi connectivity index (χ1) is 16.7. The number of carbonyl (C=O) groups excluding carboxylic acids is 3. The number of carbonyl (C=O) groups is 3.